The summed E-state index contributed by atoms with van der Waals surface area (Å²) in [7, 11) is 0. The summed E-state index contributed by atoms with van der Waals surface area (Å²) in [6, 6.07) is 1.97. The minimum absolute atomic E-state index is 0.796. The molecule has 0 aliphatic heterocycles. The van der Waals surface area contributed by atoms with Gasteiger partial charge in [0, 0.05) is 12.4 Å². The number of halogens is 1. The first-order valence-electron chi connectivity index (χ1n) is 2.36. The van der Waals surface area contributed by atoms with Gasteiger partial charge in [0.2, 0.25) is 0 Å². The lowest BCUT2D eigenvalue weighted by atomic mass is 10.5. The van der Waals surface area contributed by atoms with E-state index in [0.29, 0.717) is 0 Å². The first kappa shape index (κ1) is 5.69. The maximum absolute atomic E-state index is 3.25. The standard InChI is InChI=1S/C5H7BrN2/c6-4-8-5-1-2-7-3-5/h1-3,7-8H,4H2. The average molecular weight is 175 g/mol. The van der Waals surface area contributed by atoms with Gasteiger partial charge in [-0.05, 0) is 6.07 Å². The van der Waals surface area contributed by atoms with E-state index in [2.05, 4.69) is 26.2 Å². The minimum Gasteiger partial charge on any atom is -0.374 e. The number of aromatic amines is 1. The minimum atomic E-state index is 0.796. The molecule has 0 saturated carbocycles. The highest BCUT2D eigenvalue weighted by atomic mass is 79.9. The van der Waals surface area contributed by atoms with Crippen molar-refractivity contribution >= 4 is 21.6 Å². The number of alkyl halides is 1. The Morgan fingerprint density at radius 3 is 3.12 bits per heavy atom. The Labute approximate surface area is 56.4 Å². The van der Waals surface area contributed by atoms with E-state index in [0.717, 1.165) is 11.1 Å². The molecule has 0 aliphatic rings. The molecule has 0 unspecified atom stereocenters. The van der Waals surface area contributed by atoms with Crippen LogP contribution in [0.1, 0.15) is 0 Å². The molecule has 2 nitrogen and oxygen atoms in total. The summed E-state index contributed by atoms with van der Waals surface area (Å²) in [5, 5.41) is 3.07. The lowest BCUT2D eigenvalue weighted by molar-refractivity contribution is 1.40. The highest BCUT2D eigenvalue weighted by Crippen LogP contribution is 2.02. The van der Waals surface area contributed by atoms with Crippen molar-refractivity contribution in [1.82, 2.24) is 4.98 Å². The van der Waals surface area contributed by atoms with Crippen LogP contribution in [0.5, 0.6) is 0 Å². The van der Waals surface area contributed by atoms with E-state index in [1.54, 1.807) is 0 Å². The Bertz CT molecular complexity index is 136. The fourth-order valence-corrected chi connectivity index (χ4v) is 0.835. The highest BCUT2D eigenvalue weighted by Gasteiger charge is 1.83. The fraction of sp³-hybridized carbons (Fsp3) is 0.200. The van der Waals surface area contributed by atoms with Gasteiger partial charge in [-0.3, -0.25) is 0 Å². The number of hydrogen-bond donors (Lipinski definition) is 2. The van der Waals surface area contributed by atoms with Gasteiger partial charge in [0.15, 0.2) is 0 Å². The van der Waals surface area contributed by atoms with Crippen LogP contribution in [0.2, 0.25) is 0 Å². The highest BCUT2D eigenvalue weighted by molar-refractivity contribution is 9.09. The van der Waals surface area contributed by atoms with Crippen molar-refractivity contribution in [1.29, 1.82) is 0 Å². The molecule has 0 spiro atoms. The van der Waals surface area contributed by atoms with Crippen molar-refractivity contribution in [2.45, 2.75) is 0 Å². The zero-order valence-electron chi connectivity index (χ0n) is 4.32. The number of rotatable bonds is 2. The van der Waals surface area contributed by atoms with E-state index in [9.17, 15) is 0 Å². The van der Waals surface area contributed by atoms with Crippen molar-refractivity contribution in [3.8, 4) is 0 Å². The van der Waals surface area contributed by atoms with Crippen LogP contribution in [0.4, 0.5) is 5.69 Å². The number of hydrogen-bond acceptors (Lipinski definition) is 1. The zero-order valence-corrected chi connectivity index (χ0v) is 5.90. The number of nitrogens with one attached hydrogen (secondary N) is 2. The summed E-state index contributed by atoms with van der Waals surface area (Å²) in [5.41, 5.74) is 1.91. The van der Waals surface area contributed by atoms with E-state index < -0.39 is 0 Å². The molecule has 0 aromatic carbocycles. The third-order valence-electron chi connectivity index (χ3n) is 0.869. The molecule has 1 aromatic rings. The molecule has 0 amide bonds. The molecule has 1 rings (SSSR count). The van der Waals surface area contributed by atoms with Crippen molar-refractivity contribution in [3.05, 3.63) is 18.5 Å². The van der Waals surface area contributed by atoms with Gasteiger partial charge in [0.25, 0.3) is 0 Å². The number of anilines is 1. The van der Waals surface area contributed by atoms with Crippen molar-refractivity contribution in [2.24, 2.45) is 0 Å². The largest absolute Gasteiger partial charge is 0.374 e. The molecule has 44 valence electrons. The van der Waals surface area contributed by atoms with Gasteiger partial charge < -0.3 is 10.3 Å². The lowest BCUT2D eigenvalue weighted by Gasteiger charge is -1.92. The van der Waals surface area contributed by atoms with Crippen LogP contribution in [-0.4, -0.2) is 10.4 Å². The summed E-state index contributed by atoms with van der Waals surface area (Å²) in [6.45, 7) is 0. The Morgan fingerprint density at radius 2 is 2.62 bits per heavy atom. The first-order valence-corrected chi connectivity index (χ1v) is 3.48. The van der Waals surface area contributed by atoms with Crippen LogP contribution in [-0.2, 0) is 0 Å². The lowest BCUT2D eigenvalue weighted by Crippen LogP contribution is -1.89. The third-order valence-corrected chi connectivity index (χ3v) is 1.15. The molecule has 0 bridgehead atoms. The number of H-pyrrole nitrogens is 1. The SMILES string of the molecule is BrCNc1cc[nH]c1. The van der Waals surface area contributed by atoms with Crippen molar-refractivity contribution in [3.63, 3.8) is 0 Å². The predicted molar refractivity (Wildman–Crippen MR) is 38.2 cm³/mol. The maximum atomic E-state index is 3.25. The quantitative estimate of drug-likeness (QED) is 0.520. The average Bonchev–Trinajstić information content (AvgIpc) is 2.19. The summed E-state index contributed by atoms with van der Waals surface area (Å²) >= 11 is 3.25. The normalized spacial score (nSPS) is 9.12. The monoisotopic (exact) mass is 174 g/mol. The molecule has 8 heavy (non-hydrogen) atoms. The van der Waals surface area contributed by atoms with Crippen molar-refractivity contribution < 1.29 is 0 Å². The summed E-state index contributed by atoms with van der Waals surface area (Å²) in [4.78, 5) is 2.93. The molecular formula is C5H7BrN2. The Hall–Kier alpha value is -0.440. The third kappa shape index (κ3) is 1.26. The van der Waals surface area contributed by atoms with Crippen LogP contribution in [0, 0.1) is 0 Å². The Kier molecular flexibility index (Phi) is 1.97. The van der Waals surface area contributed by atoms with Gasteiger partial charge >= 0.3 is 0 Å². The van der Waals surface area contributed by atoms with Gasteiger partial charge in [-0.1, -0.05) is 15.9 Å². The first-order chi connectivity index (χ1) is 3.93. The van der Waals surface area contributed by atoms with Gasteiger partial charge in [0.05, 0.1) is 11.1 Å². The second-order valence-corrected chi connectivity index (χ2v) is 1.97. The van der Waals surface area contributed by atoms with E-state index >= 15 is 0 Å². The van der Waals surface area contributed by atoms with Crippen LogP contribution in [0.25, 0.3) is 0 Å². The van der Waals surface area contributed by atoms with Gasteiger partial charge in [0.1, 0.15) is 0 Å². The molecule has 2 N–H and O–H groups in total. The van der Waals surface area contributed by atoms with E-state index in [1.165, 1.54) is 0 Å². The molecular weight excluding hydrogens is 168 g/mol. The van der Waals surface area contributed by atoms with Gasteiger partial charge in [-0.15, -0.1) is 0 Å². The second-order valence-electron chi connectivity index (χ2n) is 1.41. The Balaban J connectivity index is 2.50. The predicted octanol–water partition coefficient (Wildman–Crippen LogP) is 1.78. The molecule has 0 fully saturated rings. The van der Waals surface area contributed by atoms with Crippen molar-refractivity contribution in [2.75, 3.05) is 10.8 Å². The maximum Gasteiger partial charge on any atom is 0.0707 e. The molecule has 0 radical (unpaired) electrons. The number of aromatic nitrogens is 1. The molecule has 1 aromatic heterocycles. The topological polar surface area (TPSA) is 27.8 Å². The van der Waals surface area contributed by atoms with E-state index in [4.69, 9.17) is 0 Å². The van der Waals surface area contributed by atoms with Crippen LogP contribution in [0.3, 0.4) is 0 Å². The Morgan fingerprint density at radius 1 is 1.75 bits per heavy atom. The smallest absolute Gasteiger partial charge is 0.0707 e. The zero-order chi connectivity index (χ0) is 5.82. The van der Waals surface area contributed by atoms with E-state index in [1.807, 2.05) is 18.5 Å². The van der Waals surface area contributed by atoms with Crippen LogP contribution < -0.4 is 5.32 Å². The van der Waals surface area contributed by atoms with Gasteiger partial charge in [-0.2, -0.15) is 0 Å². The second kappa shape index (κ2) is 2.77. The molecule has 0 aliphatic carbocycles. The van der Waals surface area contributed by atoms with Crippen LogP contribution >= 0.6 is 15.9 Å². The van der Waals surface area contributed by atoms with Crippen LogP contribution in [0.15, 0.2) is 18.5 Å². The molecule has 1 heterocycles. The summed E-state index contributed by atoms with van der Waals surface area (Å²) in [6.07, 6.45) is 3.78. The fourth-order valence-electron chi connectivity index (χ4n) is 0.511. The van der Waals surface area contributed by atoms with Gasteiger partial charge in [-0.25, -0.2) is 0 Å². The summed E-state index contributed by atoms with van der Waals surface area (Å²) in [5.74, 6) is 0. The molecule has 3 heteroatoms. The summed E-state index contributed by atoms with van der Waals surface area (Å²) < 4.78 is 0. The van der Waals surface area contributed by atoms with E-state index in [-0.39, 0.29) is 0 Å². The molecule has 0 saturated heterocycles. The molecule has 0 atom stereocenters.